The zero-order valence-electron chi connectivity index (χ0n) is 16.9. The highest BCUT2D eigenvalue weighted by Gasteiger charge is 2.33. The fourth-order valence-corrected chi connectivity index (χ4v) is 6.01. The van der Waals surface area contributed by atoms with E-state index < -0.39 is 10.0 Å². The number of hydrogen-bond acceptors (Lipinski definition) is 4. The normalized spacial score (nSPS) is 16.5. The maximum absolute atomic E-state index is 13.4. The SMILES string of the molecule is CC(C)NS(=O)(=O)c1ccc(C(=O)N2CCc3sccc3C2c2ccccc2)cc1. The average Bonchev–Trinajstić information content (AvgIpc) is 3.21. The molecule has 0 saturated carbocycles. The molecule has 5 nitrogen and oxygen atoms in total. The van der Waals surface area contributed by atoms with Gasteiger partial charge in [0.1, 0.15) is 0 Å². The van der Waals surface area contributed by atoms with E-state index in [1.54, 1.807) is 37.3 Å². The van der Waals surface area contributed by atoms with Crippen LogP contribution in [0, 0.1) is 0 Å². The van der Waals surface area contributed by atoms with Crippen LogP contribution >= 0.6 is 11.3 Å². The van der Waals surface area contributed by atoms with Crippen LogP contribution in [0.25, 0.3) is 0 Å². The summed E-state index contributed by atoms with van der Waals surface area (Å²) in [5.74, 6) is -0.0959. The molecule has 0 bridgehead atoms. The van der Waals surface area contributed by atoms with E-state index >= 15 is 0 Å². The molecule has 1 aliphatic heterocycles. The molecule has 0 saturated heterocycles. The molecule has 3 aromatic rings. The van der Waals surface area contributed by atoms with Gasteiger partial charge in [0.2, 0.25) is 10.0 Å². The van der Waals surface area contributed by atoms with Gasteiger partial charge in [-0.25, -0.2) is 13.1 Å². The van der Waals surface area contributed by atoms with Crippen molar-refractivity contribution in [1.29, 1.82) is 0 Å². The number of carbonyl (C=O) groups is 1. The molecule has 1 aliphatic rings. The van der Waals surface area contributed by atoms with Gasteiger partial charge in [0.05, 0.1) is 10.9 Å². The molecule has 0 spiro atoms. The number of hydrogen-bond donors (Lipinski definition) is 1. The van der Waals surface area contributed by atoms with Crippen molar-refractivity contribution in [3.63, 3.8) is 0 Å². The Bertz CT molecular complexity index is 1140. The minimum absolute atomic E-state index is 0.0959. The van der Waals surface area contributed by atoms with E-state index in [4.69, 9.17) is 0 Å². The van der Waals surface area contributed by atoms with Gasteiger partial charge in [-0.1, -0.05) is 30.3 Å². The number of benzene rings is 2. The number of amides is 1. The molecular weight excluding hydrogens is 416 g/mol. The predicted molar refractivity (Wildman–Crippen MR) is 119 cm³/mol. The summed E-state index contributed by atoms with van der Waals surface area (Å²) in [5.41, 5.74) is 2.73. The van der Waals surface area contributed by atoms with Crippen LogP contribution in [-0.2, 0) is 16.4 Å². The lowest BCUT2D eigenvalue weighted by Gasteiger charge is -2.36. The van der Waals surface area contributed by atoms with Crippen LogP contribution in [0.1, 0.15) is 46.3 Å². The first-order valence-electron chi connectivity index (χ1n) is 9.91. The Labute approximate surface area is 181 Å². The second kappa shape index (κ2) is 8.34. The third kappa shape index (κ3) is 4.05. The second-order valence-electron chi connectivity index (χ2n) is 7.66. The molecule has 1 amide bonds. The maximum Gasteiger partial charge on any atom is 0.254 e. The molecule has 30 heavy (non-hydrogen) atoms. The summed E-state index contributed by atoms with van der Waals surface area (Å²) in [6.45, 7) is 4.17. The Morgan fingerprint density at radius 2 is 1.77 bits per heavy atom. The molecular formula is C23H24N2O3S2. The second-order valence-corrected chi connectivity index (χ2v) is 10.4. The smallest absolute Gasteiger partial charge is 0.254 e. The van der Waals surface area contributed by atoms with Gasteiger partial charge in [-0.15, -0.1) is 11.3 Å². The van der Waals surface area contributed by atoms with Crippen LogP contribution in [-0.4, -0.2) is 31.8 Å². The van der Waals surface area contributed by atoms with Gasteiger partial charge in [-0.2, -0.15) is 0 Å². The number of nitrogens with zero attached hydrogens (tertiary/aromatic N) is 1. The van der Waals surface area contributed by atoms with E-state index in [1.165, 1.54) is 22.6 Å². The van der Waals surface area contributed by atoms with Gasteiger partial charge in [0, 0.05) is 23.0 Å². The quantitative estimate of drug-likeness (QED) is 0.646. The van der Waals surface area contributed by atoms with Gasteiger partial charge in [0.25, 0.3) is 5.91 Å². The van der Waals surface area contributed by atoms with Crippen LogP contribution in [0.5, 0.6) is 0 Å². The Hall–Kier alpha value is -2.48. The molecule has 0 radical (unpaired) electrons. The molecule has 1 unspecified atom stereocenters. The molecule has 4 rings (SSSR count). The largest absolute Gasteiger partial charge is 0.327 e. The molecule has 156 valence electrons. The average molecular weight is 441 g/mol. The Balaban J connectivity index is 1.65. The van der Waals surface area contributed by atoms with Crippen molar-refractivity contribution in [3.8, 4) is 0 Å². The fraction of sp³-hybridized carbons (Fsp3) is 0.261. The van der Waals surface area contributed by atoms with Crippen molar-refractivity contribution < 1.29 is 13.2 Å². The first-order chi connectivity index (χ1) is 14.4. The van der Waals surface area contributed by atoms with E-state index in [0.29, 0.717) is 12.1 Å². The number of sulfonamides is 1. The zero-order chi connectivity index (χ0) is 21.3. The number of fused-ring (bicyclic) bond motifs is 1. The van der Waals surface area contributed by atoms with Crippen molar-refractivity contribution in [1.82, 2.24) is 9.62 Å². The standard InChI is InChI=1S/C23H24N2O3S2/c1-16(2)24-30(27,28)19-10-8-18(9-11-19)23(26)25-14-12-21-20(13-15-29-21)22(25)17-6-4-3-5-7-17/h3-11,13,15-16,22,24H,12,14H2,1-2H3. The number of rotatable bonds is 5. The van der Waals surface area contributed by atoms with E-state index in [-0.39, 0.29) is 22.9 Å². The lowest BCUT2D eigenvalue weighted by atomic mass is 9.92. The summed E-state index contributed by atoms with van der Waals surface area (Å²) in [4.78, 5) is 16.8. The molecule has 2 aromatic carbocycles. The Morgan fingerprint density at radius 1 is 1.07 bits per heavy atom. The van der Waals surface area contributed by atoms with Crippen molar-refractivity contribution in [2.24, 2.45) is 0 Å². The highest BCUT2D eigenvalue weighted by molar-refractivity contribution is 7.89. The lowest BCUT2D eigenvalue weighted by molar-refractivity contribution is 0.0696. The van der Waals surface area contributed by atoms with Gasteiger partial charge in [-0.3, -0.25) is 4.79 Å². The molecule has 0 fully saturated rings. The Morgan fingerprint density at radius 3 is 2.43 bits per heavy atom. The van der Waals surface area contributed by atoms with Crippen LogP contribution in [0.4, 0.5) is 0 Å². The van der Waals surface area contributed by atoms with Crippen molar-refractivity contribution >= 4 is 27.3 Å². The van der Waals surface area contributed by atoms with Crippen molar-refractivity contribution in [2.75, 3.05) is 6.54 Å². The summed E-state index contributed by atoms with van der Waals surface area (Å²) < 4.78 is 27.3. The summed E-state index contributed by atoms with van der Waals surface area (Å²) in [7, 11) is -3.59. The van der Waals surface area contributed by atoms with Gasteiger partial charge < -0.3 is 4.90 Å². The monoisotopic (exact) mass is 440 g/mol. The Kier molecular flexibility index (Phi) is 5.77. The molecule has 1 atom stereocenters. The van der Waals surface area contributed by atoms with Gasteiger partial charge in [0.15, 0.2) is 0 Å². The third-order valence-electron chi connectivity index (χ3n) is 5.14. The van der Waals surface area contributed by atoms with E-state index in [9.17, 15) is 13.2 Å². The molecule has 1 N–H and O–H groups in total. The molecule has 7 heteroatoms. The van der Waals surface area contributed by atoms with Crippen LogP contribution < -0.4 is 4.72 Å². The third-order valence-corrected chi connectivity index (χ3v) is 7.82. The summed E-state index contributed by atoms with van der Waals surface area (Å²) in [6.07, 6.45) is 0.826. The highest BCUT2D eigenvalue weighted by atomic mass is 32.2. The number of nitrogens with one attached hydrogen (secondary N) is 1. The van der Waals surface area contributed by atoms with Crippen LogP contribution in [0.3, 0.4) is 0 Å². The van der Waals surface area contributed by atoms with E-state index in [2.05, 4.69) is 16.2 Å². The fourth-order valence-electron chi connectivity index (χ4n) is 3.85. The van der Waals surface area contributed by atoms with Gasteiger partial charge in [-0.05, 0) is 67.1 Å². The molecule has 0 aliphatic carbocycles. The van der Waals surface area contributed by atoms with E-state index in [1.807, 2.05) is 35.2 Å². The highest BCUT2D eigenvalue weighted by Crippen LogP contribution is 2.38. The minimum atomic E-state index is -3.59. The number of thiophene rings is 1. The zero-order valence-corrected chi connectivity index (χ0v) is 18.5. The van der Waals surface area contributed by atoms with Crippen molar-refractivity contribution in [3.05, 3.63) is 87.6 Å². The first kappa shape index (κ1) is 20.8. The summed E-state index contributed by atoms with van der Waals surface area (Å²) in [5, 5.41) is 2.08. The topological polar surface area (TPSA) is 66.5 Å². The van der Waals surface area contributed by atoms with E-state index in [0.717, 1.165) is 12.0 Å². The predicted octanol–water partition coefficient (Wildman–Crippen LogP) is 4.22. The minimum Gasteiger partial charge on any atom is -0.327 e. The van der Waals surface area contributed by atoms with Crippen molar-refractivity contribution in [2.45, 2.75) is 37.2 Å². The molecule has 1 aromatic heterocycles. The van der Waals surface area contributed by atoms with Crippen LogP contribution in [0.15, 0.2) is 70.9 Å². The summed E-state index contributed by atoms with van der Waals surface area (Å²) >= 11 is 1.73. The maximum atomic E-state index is 13.4. The number of carbonyl (C=O) groups excluding carboxylic acids is 1. The van der Waals surface area contributed by atoms with Crippen LogP contribution in [0.2, 0.25) is 0 Å². The molecule has 2 heterocycles. The summed E-state index contributed by atoms with van der Waals surface area (Å²) in [6, 6.07) is 18.0. The lowest BCUT2D eigenvalue weighted by Crippen LogP contribution is -2.40. The van der Waals surface area contributed by atoms with Gasteiger partial charge >= 0.3 is 0 Å². The first-order valence-corrected chi connectivity index (χ1v) is 12.3.